The molecule has 1 amide bonds. The molecule has 0 saturated carbocycles. The Morgan fingerprint density at radius 3 is 2.52 bits per heavy atom. The number of nitrogens with one attached hydrogen (secondary N) is 1. The van der Waals surface area contributed by atoms with Gasteiger partial charge >= 0.3 is 12.6 Å². The third-order valence-corrected chi connectivity index (χ3v) is 3.41. The lowest BCUT2D eigenvalue weighted by Crippen LogP contribution is -2.21. The van der Waals surface area contributed by atoms with E-state index in [4.69, 9.17) is 27.9 Å². The van der Waals surface area contributed by atoms with Crippen LogP contribution in [0.1, 0.15) is 10.4 Å². The molecule has 2 aromatic carbocycles. The summed E-state index contributed by atoms with van der Waals surface area (Å²) >= 11 is 11.6. The molecule has 0 aliphatic rings. The van der Waals surface area contributed by atoms with Crippen molar-refractivity contribution >= 4 is 40.8 Å². The Hall–Kier alpha value is -2.38. The average Bonchev–Trinajstić information content (AvgIpc) is 2.54. The van der Waals surface area contributed by atoms with E-state index in [0.717, 1.165) is 0 Å². The molecule has 0 bridgehead atoms. The second kappa shape index (κ2) is 8.64. The van der Waals surface area contributed by atoms with Gasteiger partial charge in [-0.25, -0.2) is 4.79 Å². The Labute approximate surface area is 151 Å². The number of esters is 1. The van der Waals surface area contributed by atoms with Gasteiger partial charge in [0.15, 0.2) is 6.61 Å². The summed E-state index contributed by atoms with van der Waals surface area (Å²) in [5.74, 6) is -1.77. The molecule has 2 aromatic rings. The average molecular weight is 390 g/mol. The minimum absolute atomic E-state index is 0.0216. The number of amides is 1. The van der Waals surface area contributed by atoms with Crippen molar-refractivity contribution in [1.29, 1.82) is 0 Å². The summed E-state index contributed by atoms with van der Waals surface area (Å²) < 4.78 is 33.8. The third kappa shape index (κ3) is 5.58. The highest BCUT2D eigenvalue weighted by Crippen LogP contribution is 2.25. The van der Waals surface area contributed by atoms with Crippen molar-refractivity contribution < 1.29 is 27.8 Å². The molecule has 0 atom stereocenters. The summed E-state index contributed by atoms with van der Waals surface area (Å²) in [5, 5.41) is 2.74. The lowest BCUT2D eigenvalue weighted by molar-refractivity contribution is -0.119. The maximum absolute atomic E-state index is 12.3. The summed E-state index contributed by atoms with van der Waals surface area (Å²) in [5.41, 5.74) is 0.0636. The number of rotatable bonds is 6. The van der Waals surface area contributed by atoms with Crippen molar-refractivity contribution in [2.45, 2.75) is 6.61 Å². The summed E-state index contributed by atoms with van der Waals surface area (Å²) in [7, 11) is 0. The van der Waals surface area contributed by atoms with E-state index in [9.17, 15) is 18.4 Å². The molecule has 132 valence electrons. The standard InChI is InChI=1S/C16H11Cl2F2NO4/c17-9-5-6-10(11(18)7-9)15(23)24-8-14(22)21-12-3-1-2-4-13(12)25-16(19)20/h1-7,16H,8H2,(H,21,22). The van der Waals surface area contributed by atoms with Gasteiger partial charge in [-0.3, -0.25) is 4.79 Å². The predicted octanol–water partition coefficient (Wildman–Crippen LogP) is 4.39. The molecule has 1 N–H and O–H groups in total. The minimum Gasteiger partial charge on any atom is -0.452 e. The molecule has 0 radical (unpaired) electrons. The van der Waals surface area contributed by atoms with Crippen LogP contribution in [0.2, 0.25) is 10.0 Å². The molecule has 0 aliphatic carbocycles. The van der Waals surface area contributed by atoms with Gasteiger partial charge in [-0.2, -0.15) is 8.78 Å². The molecule has 0 heterocycles. The van der Waals surface area contributed by atoms with Crippen LogP contribution in [0.5, 0.6) is 5.75 Å². The molecule has 0 unspecified atom stereocenters. The summed E-state index contributed by atoms with van der Waals surface area (Å²) in [6, 6.07) is 9.79. The van der Waals surface area contributed by atoms with E-state index in [1.54, 1.807) is 0 Å². The number of carbonyl (C=O) groups excluding carboxylic acids is 2. The van der Waals surface area contributed by atoms with Crippen LogP contribution in [-0.2, 0) is 9.53 Å². The lowest BCUT2D eigenvalue weighted by Gasteiger charge is -2.12. The normalized spacial score (nSPS) is 10.4. The zero-order chi connectivity index (χ0) is 18.4. The fourth-order valence-electron chi connectivity index (χ4n) is 1.82. The minimum atomic E-state index is -3.04. The summed E-state index contributed by atoms with van der Waals surface area (Å²) in [6.07, 6.45) is 0. The first-order chi connectivity index (χ1) is 11.9. The van der Waals surface area contributed by atoms with Crippen molar-refractivity contribution in [1.82, 2.24) is 0 Å². The van der Waals surface area contributed by atoms with E-state index in [1.807, 2.05) is 0 Å². The molecular weight excluding hydrogens is 379 g/mol. The number of benzene rings is 2. The maximum atomic E-state index is 12.3. The third-order valence-electron chi connectivity index (χ3n) is 2.86. The molecule has 5 nitrogen and oxygen atoms in total. The van der Waals surface area contributed by atoms with E-state index in [0.29, 0.717) is 5.02 Å². The van der Waals surface area contributed by atoms with Gasteiger partial charge in [0.2, 0.25) is 0 Å². The second-order valence-corrected chi connectivity index (χ2v) is 5.47. The predicted molar refractivity (Wildman–Crippen MR) is 88.4 cm³/mol. The van der Waals surface area contributed by atoms with E-state index in [2.05, 4.69) is 10.1 Å². The largest absolute Gasteiger partial charge is 0.452 e. The van der Waals surface area contributed by atoms with Crippen LogP contribution < -0.4 is 10.1 Å². The van der Waals surface area contributed by atoms with E-state index >= 15 is 0 Å². The first-order valence-corrected chi connectivity index (χ1v) is 7.58. The number of hydrogen-bond donors (Lipinski definition) is 1. The van der Waals surface area contributed by atoms with Crippen molar-refractivity contribution in [3.63, 3.8) is 0 Å². The fraction of sp³-hybridized carbons (Fsp3) is 0.125. The number of alkyl halides is 2. The lowest BCUT2D eigenvalue weighted by atomic mass is 10.2. The highest BCUT2D eigenvalue weighted by atomic mass is 35.5. The molecule has 9 heteroatoms. The number of hydrogen-bond acceptors (Lipinski definition) is 4. The molecule has 0 fully saturated rings. The smallest absolute Gasteiger partial charge is 0.387 e. The van der Waals surface area contributed by atoms with Gasteiger partial charge in [0.1, 0.15) is 5.75 Å². The van der Waals surface area contributed by atoms with Crippen LogP contribution in [0.15, 0.2) is 42.5 Å². The van der Waals surface area contributed by atoms with E-state index < -0.39 is 25.1 Å². The molecular formula is C16H11Cl2F2NO4. The van der Waals surface area contributed by atoms with Crippen molar-refractivity contribution in [2.24, 2.45) is 0 Å². The van der Waals surface area contributed by atoms with Gasteiger partial charge in [-0.15, -0.1) is 0 Å². The Kier molecular flexibility index (Phi) is 6.55. The fourth-order valence-corrected chi connectivity index (χ4v) is 2.30. The number of carbonyl (C=O) groups is 2. The van der Waals surface area contributed by atoms with Gasteiger partial charge < -0.3 is 14.8 Å². The monoisotopic (exact) mass is 389 g/mol. The first-order valence-electron chi connectivity index (χ1n) is 6.82. The Balaban J connectivity index is 1.96. The molecule has 2 rings (SSSR count). The van der Waals surface area contributed by atoms with E-state index in [1.165, 1.54) is 42.5 Å². The van der Waals surface area contributed by atoms with Gasteiger partial charge in [-0.1, -0.05) is 35.3 Å². The number of para-hydroxylation sites is 2. The van der Waals surface area contributed by atoms with E-state index in [-0.39, 0.29) is 22.0 Å². The summed E-state index contributed by atoms with van der Waals surface area (Å²) in [4.78, 5) is 23.7. The van der Waals surface area contributed by atoms with Crippen LogP contribution in [0.3, 0.4) is 0 Å². The van der Waals surface area contributed by atoms with Crippen LogP contribution >= 0.6 is 23.2 Å². The first kappa shape index (κ1) is 19.0. The Morgan fingerprint density at radius 2 is 1.84 bits per heavy atom. The molecule has 25 heavy (non-hydrogen) atoms. The van der Waals surface area contributed by atoms with Gasteiger partial charge in [0.25, 0.3) is 5.91 Å². The van der Waals surface area contributed by atoms with Crippen LogP contribution in [-0.4, -0.2) is 25.1 Å². The van der Waals surface area contributed by atoms with Gasteiger partial charge in [0.05, 0.1) is 16.3 Å². The molecule has 0 spiro atoms. The zero-order valence-corrected chi connectivity index (χ0v) is 14.0. The number of ether oxygens (including phenoxy) is 2. The Bertz CT molecular complexity index is 786. The molecule has 0 aliphatic heterocycles. The van der Waals surface area contributed by atoms with Crippen molar-refractivity contribution in [3.05, 3.63) is 58.1 Å². The molecule has 0 saturated heterocycles. The SMILES string of the molecule is O=C(COC(=O)c1ccc(Cl)cc1Cl)Nc1ccccc1OC(F)F. The quantitative estimate of drug-likeness (QED) is 0.744. The van der Waals surface area contributed by atoms with Gasteiger partial charge in [-0.05, 0) is 30.3 Å². The van der Waals surface area contributed by atoms with Crippen LogP contribution in [0, 0.1) is 0 Å². The van der Waals surface area contributed by atoms with Crippen LogP contribution in [0.4, 0.5) is 14.5 Å². The molecule has 0 aromatic heterocycles. The summed E-state index contributed by atoms with van der Waals surface area (Å²) in [6.45, 7) is -3.68. The van der Waals surface area contributed by atoms with Crippen molar-refractivity contribution in [3.8, 4) is 5.75 Å². The highest BCUT2D eigenvalue weighted by molar-refractivity contribution is 6.36. The van der Waals surface area contributed by atoms with Crippen LogP contribution in [0.25, 0.3) is 0 Å². The number of anilines is 1. The van der Waals surface area contributed by atoms with Crippen molar-refractivity contribution in [2.75, 3.05) is 11.9 Å². The van der Waals surface area contributed by atoms with Gasteiger partial charge in [0, 0.05) is 5.02 Å². The topological polar surface area (TPSA) is 64.6 Å². The Morgan fingerprint density at radius 1 is 1.12 bits per heavy atom. The second-order valence-electron chi connectivity index (χ2n) is 4.62. The maximum Gasteiger partial charge on any atom is 0.387 e. The highest BCUT2D eigenvalue weighted by Gasteiger charge is 2.16. The number of halogens is 4. The zero-order valence-electron chi connectivity index (χ0n) is 12.5.